The average molecular weight is 406 g/mol. The summed E-state index contributed by atoms with van der Waals surface area (Å²) in [6.07, 6.45) is 0. The van der Waals surface area contributed by atoms with Crippen molar-refractivity contribution in [1.82, 2.24) is 4.90 Å². The molecule has 0 fully saturated rings. The molecule has 28 heavy (non-hydrogen) atoms. The van der Waals surface area contributed by atoms with Gasteiger partial charge in [-0.2, -0.15) is 8.42 Å². The first kappa shape index (κ1) is 21.8. The molecule has 0 N–H and O–H groups in total. The molecule has 0 spiro atoms. The van der Waals surface area contributed by atoms with Crippen LogP contribution in [0, 0.1) is 5.92 Å². The average Bonchev–Trinajstić information content (AvgIpc) is 2.66. The Morgan fingerprint density at radius 1 is 0.929 bits per heavy atom. The van der Waals surface area contributed by atoms with Gasteiger partial charge in [0.1, 0.15) is 16.4 Å². The lowest BCUT2D eigenvalue weighted by atomic mass is 10.1. The van der Waals surface area contributed by atoms with Gasteiger partial charge in [0.05, 0.1) is 7.11 Å². The lowest BCUT2D eigenvalue weighted by Gasteiger charge is -2.28. The summed E-state index contributed by atoms with van der Waals surface area (Å²) in [5.74, 6) is 0.775. The molecule has 7 heteroatoms. The fourth-order valence-corrected chi connectivity index (χ4v) is 3.54. The predicted octanol–water partition coefficient (Wildman–Crippen LogP) is 3.86. The van der Waals surface area contributed by atoms with E-state index in [1.54, 1.807) is 41.3 Å². The first-order valence-electron chi connectivity index (χ1n) is 9.12. The van der Waals surface area contributed by atoms with E-state index in [0.717, 1.165) is 5.56 Å². The molecule has 2 aromatic rings. The molecule has 2 aromatic carbocycles. The maximum Gasteiger partial charge on any atom is 0.339 e. The van der Waals surface area contributed by atoms with E-state index in [4.69, 9.17) is 8.92 Å². The molecule has 6 nitrogen and oxygen atoms in total. The van der Waals surface area contributed by atoms with Crippen molar-refractivity contribution in [3.63, 3.8) is 0 Å². The Balaban J connectivity index is 2.12. The van der Waals surface area contributed by atoms with E-state index in [2.05, 4.69) is 0 Å². The van der Waals surface area contributed by atoms with Crippen molar-refractivity contribution >= 4 is 16.0 Å². The zero-order valence-electron chi connectivity index (χ0n) is 16.9. The minimum absolute atomic E-state index is 0.0471. The van der Waals surface area contributed by atoms with Crippen LogP contribution in [0.15, 0.2) is 53.4 Å². The Morgan fingerprint density at radius 2 is 1.46 bits per heavy atom. The third-order valence-corrected chi connectivity index (χ3v) is 5.49. The third kappa shape index (κ3) is 5.48. The lowest BCUT2D eigenvalue weighted by molar-refractivity contribution is -0.136. The van der Waals surface area contributed by atoms with Crippen LogP contribution in [-0.4, -0.2) is 32.4 Å². The molecule has 0 aliphatic heterocycles. The Kier molecular flexibility index (Phi) is 7.07. The summed E-state index contributed by atoms with van der Waals surface area (Å²) in [6.45, 7) is 8.15. The van der Waals surface area contributed by atoms with Crippen molar-refractivity contribution < 1.29 is 22.1 Å². The van der Waals surface area contributed by atoms with E-state index in [-0.39, 0.29) is 28.5 Å². The van der Waals surface area contributed by atoms with Crippen LogP contribution in [0.25, 0.3) is 0 Å². The highest BCUT2D eigenvalue weighted by molar-refractivity contribution is 7.87. The smallest absolute Gasteiger partial charge is 0.339 e. The molecule has 0 heterocycles. The van der Waals surface area contributed by atoms with E-state index in [9.17, 15) is 13.2 Å². The quantitative estimate of drug-likeness (QED) is 0.624. The molecule has 0 saturated carbocycles. The molecule has 0 unspecified atom stereocenters. The van der Waals surface area contributed by atoms with Gasteiger partial charge in [0, 0.05) is 18.5 Å². The highest BCUT2D eigenvalue weighted by Gasteiger charge is 2.20. The molecule has 0 saturated heterocycles. The summed E-state index contributed by atoms with van der Waals surface area (Å²) >= 11 is 0. The molecular weight excluding hydrogens is 378 g/mol. The van der Waals surface area contributed by atoms with Crippen molar-refractivity contribution in [3.05, 3.63) is 54.1 Å². The number of methoxy groups -OCH3 is 1. The van der Waals surface area contributed by atoms with Crippen molar-refractivity contribution in [2.24, 2.45) is 5.92 Å². The molecule has 152 valence electrons. The number of amides is 1. The second-order valence-electron chi connectivity index (χ2n) is 7.07. The lowest BCUT2D eigenvalue weighted by Crippen LogP contribution is -2.38. The Labute approximate surface area is 167 Å². The highest BCUT2D eigenvalue weighted by atomic mass is 32.2. The number of carbonyl (C=O) groups excluding carboxylic acids is 1. The van der Waals surface area contributed by atoms with Crippen molar-refractivity contribution in [3.8, 4) is 11.5 Å². The fraction of sp³-hybridized carbons (Fsp3) is 0.381. The molecule has 0 aromatic heterocycles. The Morgan fingerprint density at radius 3 is 1.93 bits per heavy atom. The van der Waals surface area contributed by atoms with Crippen LogP contribution in [0.3, 0.4) is 0 Å². The summed E-state index contributed by atoms with van der Waals surface area (Å²) in [5, 5.41) is 0. The normalized spacial score (nSPS) is 11.5. The zero-order chi connectivity index (χ0) is 20.9. The summed E-state index contributed by atoms with van der Waals surface area (Å²) in [7, 11) is -2.42. The van der Waals surface area contributed by atoms with Crippen molar-refractivity contribution in [2.45, 2.75) is 45.2 Å². The highest BCUT2D eigenvalue weighted by Crippen LogP contribution is 2.22. The van der Waals surface area contributed by atoms with E-state index in [1.165, 1.54) is 19.2 Å². The van der Waals surface area contributed by atoms with Gasteiger partial charge in [0.15, 0.2) is 0 Å². The Bertz CT molecular complexity index is 887. The number of hydrogen-bond acceptors (Lipinski definition) is 5. The summed E-state index contributed by atoms with van der Waals surface area (Å²) in [4.78, 5) is 14.2. The number of hydrogen-bond donors (Lipinski definition) is 0. The van der Waals surface area contributed by atoms with E-state index < -0.39 is 10.1 Å². The zero-order valence-corrected chi connectivity index (χ0v) is 17.7. The maximum absolute atomic E-state index is 12.4. The molecule has 0 atom stereocenters. The van der Waals surface area contributed by atoms with Gasteiger partial charge in [-0.3, -0.25) is 4.79 Å². The maximum atomic E-state index is 12.4. The molecular formula is C21H27NO5S. The number of nitrogens with zero attached hydrogens (tertiary/aromatic N) is 1. The largest absolute Gasteiger partial charge is 0.497 e. The number of rotatable bonds is 8. The molecule has 2 rings (SSSR count). The van der Waals surface area contributed by atoms with Gasteiger partial charge < -0.3 is 13.8 Å². The standard InChI is InChI=1S/C21H27NO5S/c1-15(2)21(23)22(16(3)4)14-17-6-8-19(9-7-17)27-28(24,25)20-12-10-18(26-5)11-13-20/h6-13,15-16H,14H2,1-5H3. The van der Waals surface area contributed by atoms with Crippen LogP contribution in [0.1, 0.15) is 33.3 Å². The second kappa shape index (κ2) is 9.10. The van der Waals surface area contributed by atoms with Crippen LogP contribution in [-0.2, 0) is 21.5 Å². The van der Waals surface area contributed by atoms with Gasteiger partial charge in [-0.15, -0.1) is 0 Å². The predicted molar refractivity (Wildman–Crippen MR) is 108 cm³/mol. The molecule has 1 amide bonds. The first-order valence-corrected chi connectivity index (χ1v) is 10.5. The van der Waals surface area contributed by atoms with Gasteiger partial charge in [-0.25, -0.2) is 0 Å². The molecule has 0 radical (unpaired) electrons. The summed E-state index contributed by atoms with van der Waals surface area (Å²) < 4.78 is 35.0. The van der Waals surface area contributed by atoms with Crippen LogP contribution < -0.4 is 8.92 Å². The first-order chi connectivity index (χ1) is 13.1. The topological polar surface area (TPSA) is 72.9 Å². The number of benzene rings is 2. The van der Waals surface area contributed by atoms with Crippen LogP contribution in [0.4, 0.5) is 0 Å². The van der Waals surface area contributed by atoms with Gasteiger partial charge in [-0.1, -0.05) is 26.0 Å². The molecule has 0 bridgehead atoms. The number of carbonyl (C=O) groups is 1. The van der Waals surface area contributed by atoms with Crippen LogP contribution in [0.5, 0.6) is 11.5 Å². The van der Waals surface area contributed by atoms with Crippen molar-refractivity contribution in [1.29, 1.82) is 0 Å². The molecule has 0 aliphatic carbocycles. The minimum atomic E-state index is -3.93. The second-order valence-corrected chi connectivity index (χ2v) is 8.62. The van der Waals surface area contributed by atoms with Crippen molar-refractivity contribution in [2.75, 3.05) is 7.11 Å². The van der Waals surface area contributed by atoms with Crippen LogP contribution >= 0.6 is 0 Å². The van der Waals surface area contributed by atoms with E-state index in [1.807, 2.05) is 27.7 Å². The van der Waals surface area contributed by atoms with Gasteiger partial charge in [-0.05, 0) is 55.8 Å². The van der Waals surface area contributed by atoms with E-state index >= 15 is 0 Å². The fourth-order valence-electron chi connectivity index (χ4n) is 2.61. The van der Waals surface area contributed by atoms with Gasteiger partial charge >= 0.3 is 10.1 Å². The third-order valence-electron chi connectivity index (χ3n) is 4.23. The minimum Gasteiger partial charge on any atom is -0.497 e. The van der Waals surface area contributed by atoms with E-state index in [0.29, 0.717) is 12.3 Å². The van der Waals surface area contributed by atoms with Crippen LogP contribution in [0.2, 0.25) is 0 Å². The monoisotopic (exact) mass is 405 g/mol. The summed E-state index contributed by atoms with van der Waals surface area (Å²) in [6, 6.07) is 12.8. The SMILES string of the molecule is COc1ccc(S(=O)(=O)Oc2ccc(CN(C(=O)C(C)C)C(C)C)cc2)cc1. The molecule has 0 aliphatic rings. The number of ether oxygens (including phenoxy) is 1. The Hall–Kier alpha value is -2.54. The van der Waals surface area contributed by atoms with Gasteiger partial charge in [0.25, 0.3) is 0 Å². The van der Waals surface area contributed by atoms with Gasteiger partial charge in [0.2, 0.25) is 5.91 Å². The summed E-state index contributed by atoms with van der Waals surface area (Å²) in [5.41, 5.74) is 0.900.